The molecule has 0 fully saturated rings. The lowest BCUT2D eigenvalue weighted by molar-refractivity contribution is -0.133. The number of rotatable bonds is 10. The summed E-state index contributed by atoms with van der Waals surface area (Å²) in [6.07, 6.45) is 0. The Balaban J connectivity index is 1.76. The fourth-order valence-electron chi connectivity index (χ4n) is 2.72. The third kappa shape index (κ3) is 8.07. The van der Waals surface area contributed by atoms with E-state index in [1.54, 1.807) is 29.2 Å². The van der Waals surface area contributed by atoms with E-state index in [0.717, 1.165) is 5.56 Å². The third-order valence-electron chi connectivity index (χ3n) is 4.46. The highest BCUT2D eigenvalue weighted by atomic mass is 35.5. The standard InChI is InChI=1S/C22H26ClFN4O4/c1-3-28(4-2)21(30)14-32-19-10-9-17(11-18(19)23)27-20(29)13-26-22(31)25-12-15-5-7-16(24)8-6-15/h5-11H,3-4,12-14H2,1-2H3,(H,27,29)(H2,25,26,31). The van der Waals surface area contributed by atoms with E-state index in [1.807, 2.05) is 13.8 Å². The summed E-state index contributed by atoms with van der Waals surface area (Å²) in [6.45, 7) is 4.76. The molecule has 3 N–H and O–H groups in total. The second kappa shape index (κ2) is 12.5. The molecule has 2 rings (SSSR count). The average Bonchev–Trinajstić information content (AvgIpc) is 2.77. The van der Waals surface area contributed by atoms with E-state index in [1.165, 1.54) is 18.2 Å². The zero-order valence-electron chi connectivity index (χ0n) is 17.9. The first-order chi connectivity index (χ1) is 15.3. The smallest absolute Gasteiger partial charge is 0.315 e. The van der Waals surface area contributed by atoms with Gasteiger partial charge in [0.05, 0.1) is 11.6 Å². The number of halogens is 2. The summed E-state index contributed by atoms with van der Waals surface area (Å²) in [4.78, 5) is 37.5. The van der Waals surface area contributed by atoms with E-state index >= 15 is 0 Å². The van der Waals surface area contributed by atoms with Crippen molar-refractivity contribution in [3.05, 3.63) is 58.9 Å². The second-order valence-electron chi connectivity index (χ2n) is 6.71. The van der Waals surface area contributed by atoms with Crippen molar-refractivity contribution in [2.24, 2.45) is 0 Å². The van der Waals surface area contributed by atoms with Gasteiger partial charge in [-0.05, 0) is 49.7 Å². The molecular formula is C22H26ClFN4O4. The lowest BCUT2D eigenvalue weighted by Gasteiger charge is -2.19. The summed E-state index contributed by atoms with van der Waals surface area (Å²) < 4.78 is 18.3. The maximum atomic E-state index is 12.9. The lowest BCUT2D eigenvalue weighted by Crippen LogP contribution is -2.39. The number of benzene rings is 2. The van der Waals surface area contributed by atoms with Gasteiger partial charge in [0.25, 0.3) is 5.91 Å². The van der Waals surface area contributed by atoms with Gasteiger partial charge in [-0.2, -0.15) is 0 Å². The van der Waals surface area contributed by atoms with Crippen molar-refractivity contribution in [3.8, 4) is 5.75 Å². The number of urea groups is 1. The Morgan fingerprint density at radius 2 is 1.72 bits per heavy atom. The average molecular weight is 465 g/mol. The van der Waals surface area contributed by atoms with Gasteiger partial charge < -0.3 is 25.6 Å². The fourth-order valence-corrected chi connectivity index (χ4v) is 2.95. The van der Waals surface area contributed by atoms with Crippen LogP contribution >= 0.6 is 11.6 Å². The van der Waals surface area contributed by atoms with Crippen LogP contribution in [-0.4, -0.2) is 49.0 Å². The van der Waals surface area contributed by atoms with E-state index in [2.05, 4.69) is 16.0 Å². The summed E-state index contributed by atoms with van der Waals surface area (Å²) in [5, 5.41) is 7.85. The Kier molecular flexibility index (Phi) is 9.75. The number of anilines is 1. The predicted molar refractivity (Wildman–Crippen MR) is 120 cm³/mol. The number of amides is 4. The maximum absolute atomic E-state index is 12.9. The number of carbonyl (C=O) groups is 3. The number of ether oxygens (including phenoxy) is 1. The quantitative estimate of drug-likeness (QED) is 0.503. The van der Waals surface area contributed by atoms with Crippen molar-refractivity contribution in [1.82, 2.24) is 15.5 Å². The Hall–Kier alpha value is -3.33. The zero-order valence-corrected chi connectivity index (χ0v) is 18.7. The number of likely N-dealkylation sites (N-methyl/N-ethyl adjacent to an activating group) is 1. The Morgan fingerprint density at radius 3 is 2.34 bits per heavy atom. The van der Waals surface area contributed by atoms with E-state index < -0.39 is 11.9 Å². The lowest BCUT2D eigenvalue weighted by atomic mass is 10.2. The van der Waals surface area contributed by atoms with Gasteiger partial charge in [-0.1, -0.05) is 23.7 Å². The molecule has 0 saturated carbocycles. The molecule has 0 aliphatic heterocycles. The monoisotopic (exact) mass is 464 g/mol. The SMILES string of the molecule is CCN(CC)C(=O)COc1ccc(NC(=O)CNC(=O)NCc2ccc(F)cc2)cc1Cl. The van der Waals surface area contributed by atoms with E-state index in [4.69, 9.17) is 16.3 Å². The van der Waals surface area contributed by atoms with Crippen molar-refractivity contribution in [1.29, 1.82) is 0 Å². The van der Waals surface area contributed by atoms with E-state index in [0.29, 0.717) is 24.5 Å². The van der Waals surface area contributed by atoms with Crippen molar-refractivity contribution in [2.75, 3.05) is 31.6 Å². The summed E-state index contributed by atoms with van der Waals surface area (Å²) in [5.41, 5.74) is 1.14. The molecule has 0 bridgehead atoms. The van der Waals surface area contributed by atoms with Gasteiger partial charge in [-0.3, -0.25) is 9.59 Å². The molecule has 0 radical (unpaired) electrons. The number of nitrogens with one attached hydrogen (secondary N) is 3. The van der Waals surface area contributed by atoms with Crippen molar-refractivity contribution >= 4 is 35.1 Å². The molecule has 0 aliphatic rings. The molecule has 0 spiro atoms. The second-order valence-corrected chi connectivity index (χ2v) is 7.12. The third-order valence-corrected chi connectivity index (χ3v) is 4.75. The molecule has 0 unspecified atom stereocenters. The summed E-state index contributed by atoms with van der Waals surface area (Å²) >= 11 is 6.18. The molecule has 0 aromatic heterocycles. The molecular weight excluding hydrogens is 439 g/mol. The summed E-state index contributed by atoms with van der Waals surface area (Å²) in [5.74, 6) is -0.637. The Morgan fingerprint density at radius 1 is 1.03 bits per heavy atom. The fraction of sp³-hybridized carbons (Fsp3) is 0.318. The highest BCUT2D eigenvalue weighted by Gasteiger charge is 2.12. The predicted octanol–water partition coefficient (Wildman–Crippen LogP) is 3.16. The number of hydrogen-bond donors (Lipinski definition) is 3. The number of nitrogens with zero attached hydrogens (tertiary/aromatic N) is 1. The number of hydrogen-bond acceptors (Lipinski definition) is 4. The Bertz CT molecular complexity index is 936. The van der Waals surface area contributed by atoms with Crippen molar-refractivity contribution < 1.29 is 23.5 Å². The van der Waals surface area contributed by atoms with Crippen LogP contribution in [0, 0.1) is 5.82 Å². The van der Waals surface area contributed by atoms with Gasteiger partial charge in [-0.15, -0.1) is 0 Å². The highest BCUT2D eigenvalue weighted by Crippen LogP contribution is 2.27. The van der Waals surface area contributed by atoms with Crippen molar-refractivity contribution in [3.63, 3.8) is 0 Å². The van der Waals surface area contributed by atoms with Crippen LogP contribution in [0.1, 0.15) is 19.4 Å². The van der Waals surface area contributed by atoms with E-state index in [-0.39, 0.29) is 36.4 Å². The van der Waals surface area contributed by atoms with Crippen LogP contribution in [0.2, 0.25) is 5.02 Å². The largest absolute Gasteiger partial charge is 0.482 e. The van der Waals surface area contributed by atoms with Gasteiger partial charge in [0.15, 0.2) is 6.61 Å². The maximum Gasteiger partial charge on any atom is 0.315 e. The molecule has 0 saturated heterocycles. The summed E-state index contributed by atoms with van der Waals surface area (Å²) in [6, 6.07) is 9.79. The minimum atomic E-state index is -0.538. The highest BCUT2D eigenvalue weighted by molar-refractivity contribution is 6.32. The minimum Gasteiger partial charge on any atom is -0.482 e. The molecule has 0 aliphatic carbocycles. The first kappa shape index (κ1) is 24.9. The molecule has 2 aromatic carbocycles. The van der Waals surface area contributed by atoms with Crippen LogP contribution in [-0.2, 0) is 16.1 Å². The Labute approximate surface area is 191 Å². The molecule has 4 amide bonds. The minimum absolute atomic E-state index is 0.135. The molecule has 0 heterocycles. The molecule has 172 valence electrons. The normalized spacial score (nSPS) is 10.2. The van der Waals surface area contributed by atoms with E-state index in [9.17, 15) is 18.8 Å². The van der Waals surface area contributed by atoms with Crippen molar-refractivity contribution in [2.45, 2.75) is 20.4 Å². The van der Waals surface area contributed by atoms with Gasteiger partial charge in [0.1, 0.15) is 11.6 Å². The van der Waals surface area contributed by atoms with Crippen LogP contribution in [0.5, 0.6) is 5.75 Å². The first-order valence-electron chi connectivity index (χ1n) is 10.1. The van der Waals surface area contributed by atoms with Crippen LogP contribution in [0.3, 0.4) is 0 Å². The van der Waals surface area contributed by atoms with Crippen LogP contribution in [0.25, 0.3) is 0 Å². The first-order valence-corrected chi connectivity index (χ1v) is 10.5. The topological polar surface area (TPSA) is 99.8 Å². The summed E-state index contributed by atoms with van der Waals surface area (Å²) in [7, 11) is 0. The van der Waals surface area contributed by atoms with Gasteiger partial charge in [0, 0.05) is 25.3 Å². The van der Waals surface area contributed by atoms with Gasteiger partial charge in [0.2, 0.25) is 5.91 Å². The molecule has 32 heavy (non-hydrogen) atoms. The molecule has 0 atom stereocenters. The van der Waals surface area contributed by atoms with Crippen LogP contribution < -0.4 is 20.7 Å². The van der Waals surface area contributed by atoms with Gasteiger partial charge >= 0.3 is 6.03 Å². The van der Waals surface area contributed by atoms with Crippen LogP contribution in [0.4, 0.5) is 14.9 Å². The van der Waals surface area contributed by atoms with Crippen LogP contribution in [0.15, 0.2) is 42.5 Å². The zero-order chi connectivity index (χ0) is 23.5. The van der Waals surface area contributed by atoms with Gasteiger partial charge in [-0.25, -0.2) is 9.18 Å². The molecule has 10 heteroatoms. The number of carbonyl (C=O) groups excluding carboxylic acids is 3. The molecule has 2 aromatic rings. The molecule has 8 nitrogen and oxygen atoms in total.